The predicted molar refractivity (Wildman–Crippen MR) is 84.4 cm³/mol. The van der Waals surface area contributed by atoms with Crippen LogP contribution in [0.15, 0.2) is 24.3 Å². The van der Waals surface area contributed by atoms with E-state index in [1.165, 1.54) is 11.3 Å². The monoisotopic (exact) mass is 301 g/mol. The van der Waals surface area contributed by atoms with Crippen LogP contribution in [0.4, 0.5) is 10.8 Å². The van der Waals surface area contributed by atoms with Gasteiger partial charge in [0.05, 0.1) is 27.3 Å². The summed E-state index contributed by atoms with van der Waals surface area (Å²) in [7, 11) is 0. The number of benzene rings is 1. The molecular formula is C14H15N5OS. The van der Waals surface area contributed by atoms with E-state index in [1.54, 1.807) is 4.68 Å². The van der Waals surface area contributed by atoms with Gasteiger partial charge in [0.25, 0.3) is 0 Å². The molecule has 0 unspecified atom stereocenters. The second kappa shape index (κ2) is 5.17. The summed E-state index contributed by atoms with van der Waals surface area (Å²) in [6, 6.07) is 7.77. The standard InChI is InChI=1S/C14H15N5OS/c1-8-13(15)9(2)19(18-8)7-12(20)17-14-16-10-5-3-4-6-11(10)21-14/h3-6H,7,15H2,1-2H3,(H,16,17,20). The van der Waals surface area contributed by atoms with E-state index in [0.29, 0.717) is 10.8 Å². The highest BCUT2D eigenvalue weighted by atomic mass is 32.1. The first-order valence-corrected chi connectivity index (χ1v) is 7.31. The Morgan fingerprint density at radius 3 is 2.81 bits per heavy atom. The van der Waals surface area contributed by atoms with Crippen LogP contribution in [0.5, 0.6) is 0 Å². The zero-order chi connectivity index (χ0) is 15.0. The molecule has 0 bridgehead atoms. The van der Waals surface area contributed by atoms with Crippen molar-refractivity contribution in [1.29, 1.82) is 0 Å². The normalized spacial score (nSPS) is 11.0. The van der Waals surface area contributed by atoms with Crippen molar-refractivity contribution in [3.63, 3.8) is 0 Å². The molecule has 0 fully saturated rings. The number of carbonyl (C=O) groups excluding carboxylic acids is 1. The van der Waals surface area contributed by atoms with E-state index in [-0.39, 0.29) is 12.5 Å². The number of aryl methyl sites for hydroxylation is 1. The lowest BCUT2D eigenvalue weighted by atomic mass is 10.3. The van der Waals surface area contributed by atoms with Gasteiger partial charge < -0.3 is 11.1 Å². The van der Waals surface area contributed by atoms with Crippen molar-refractivity contribution in [1.82, 2.24) is 14.8 Å². The third-order valence-electron chi connectivity index (χ3n) is 3.27. The van der Waals surface area contributed by atoms with Crippen molar-refractivity contribution >= 4 is 38.3 Å². The maximum absolute atomic E-state index is 12.1. The Hall–Kier alpha value is -2.41. The SMILES string of the molecule is Cc1nn(CC(=O)Nc2nc3ccccc3s2)c(C)c1N. The highest BCUT2D eigenvalue weighted by molar-refractivity contribution is 7.22. The Balaban J connectivity index is 1.75. The number of fused-ring (bicyclic) bond motifs is 1. The fourth-order valence-electron chi connectivity index (χ4n) is 2.09. The number of hydrogen-bond donors (Lipinski definition) is 2. The number of rotatable bonds is 3. The minimum Gasteiger partial charge on any atom is -0.396 e. The quantitative estimate of drug-likeness (QED) is 0.777. The Kier molecular flexibility index (Phi) is 3.34. The van der Waals surface area contributed by atoms with Gasteiger partial charge in [-0.3, -0.25) is 9.48 Å². The molecule has 0 radical (unpaired) electrons. The number of nitrogen functional groups attached to an aromatic ring is 1. The summed E-state index contributed by atoms with van der Waals surface area (Å²) >= 11 is 1.45. The van der Waals surface area contributed by atoms with Crippen molar-refractivity contribution in [2.24, 2.45) is 0 Å². The van der Waals surface area contributed by atoms with Crippen LogP contribution in [0.1, 0.15) is 11.4 Å². The maximum Gasteiger partial charge on any atom is 0.247 e. The molecule has 0 atom stereocenters. The third-order valence-corrected chi connectivity index (χ3v) is 4.22. The number of nitrogens with zero attached hydrogens (tertiary/aromatic N) is 3. The fourth-order valence-corrected chi connectivity index (χ4v) is 2.97. The summed E-state index contributed by atoms with van der Waals surface area (Å²) in [5.74, 6) is -0.167. The van der Waals surface area contributed by atoms with Crippen molar-refractivity contribution < 1.29 is 4.79 Å². The summed E-state index contributed by atoms with van der Waals surface area (Å²) in [6.07, 6.45) is 0. The molecule has 3 rings (SSSR count). The van der Waals surface area contributed by atoms with Crippen LogP contribution >= 0.6 is 11.3 Å². The molecule has 2 aromatic heterocycles. The highest BCUT2D eigenvalue weighted by Gasteiger charge is 2.13. The van der Waals surface area contributed by atoms with Gasteiger partial charge in [-0.1, -0.05) is 23.5 Å². The van der Waals surface area contributed by atoms with Crippen molar-refractivity contribution in [3.05, 3.63) is 35.7 Å². The van der Waals surface area contributed by atoms with Crippen LogP contribution in [0.25, 0.3) is 10.2 Å². The summed E-state index contributed by atoms with van der Waals surface area (Å²) in [5.41, 5.74) is 8.90. The Morgan fingerprint density at radius 1 is 1.38 bits per heavy atom. The topological polar surface area (TPSA) is 85.8 Å². The molecular weight excluding hydrogens is 286 g/mol. The zero-order valence-corrected chi connectivity index (χ0v) is 12.6. The Labute approximate surface area is 125 Å². The van der Waals surface area contributed by atoms with Crippen LogP contribution in [0, 0.1) is 13.8 Å². The van der Waals surface area contributed by atoms with Gasteiger partial charge in [0.1, 0.15) is 6.54 Å². The van der Waals surface area contributed by atoms with Crippen molar-refractivity contribution in [3.8, 4) is 0 Å². The fraction of sp³-hybridized carbons (Fsp3) is 0.214. The minimum atomic E-state index is -0.167. The molecule has 0 aliphatic carbocycles. The van der Waals surface area contributed by atoms with Crippen molar-refractivity contribution in [2.45, 2.75) is 20.4 Å². The lowest BCUT2D eigenvalue weighted by Gasteiger charge is -2.04. The molecule has 0 spiro atoms. The molecule has 2 heterocycles. The van der Waals surface area contributed by atoms with Gasteiger partial charge in [-0.25, -0.2) is 4.98 Å². The second-order valence-corrected chi connectivity index (χ2v) is 5.81. The largest absolute Gasteiger partial charge is 0.396 e. The number of hydrogen-bond acceptors (Lipinski definition) is 5. The lowest BCUT2D eigenvalue weighted by molar-refractivity contribution is -0.116. The molecule has 0 saturated heterocycles. The molecule has 3 aromatic rings. The first-order chi connectivity index (χ1) is 10.0. The highest BCUT2D eigenvalue weighted by Crippen LogP contribution is 2.25. The second-order valence-electron chi connectivity index (χ2n) is 4.78. The minimum absolute atomic E-state index is 0.125. The predicted octanol–water partition coefficient (Wildman–Crippen LogP) is 2.33. The van der Waals surface area contributed by atoms with Gasteiger partial charge >= 0.3 is 0 Å². The smallest absolute Gasteiger partial charge is 0.247 e. The average molecular weight is 301 g/mol. The number of carbonyl (C=O) groups is 1. The van der Waals surface area contributed by atoms with E-state index >= 15 is 0 Å². The van der Waals surface area contributed by atoms with E-state index in [0.717, 1.165) is 21.6 Å². The van der Waals surface area contributed by atoms with E-state index in [2.05, 4.69) is 15.4 Å². The van der Waals surface area contributed by atoms with Crippen LogP contribution in [0.3, 0.4) is 0 Å². The van der Waals surface area contributed by atoms with Crippen LogP contribution in [0.2, 0.25) is 0 Å². The third kappa shape index (κ3) is 2.59. The number of nitrogens with one attached hydrogen (secondary N) is 1. The first kappa shape index (κ1) is 13.6. The van der Waals surface area contributed by atoms with Gasteiger partial charge in [0, 0.05) is 0 Å². The molecule has 21 heavy (non-hydrogen) atoms. The molecule has 1 amide bonds. The summed E-state index contributed by atoms with van der Waals surface area (Å²) in [6.45, 7) is 3.80. The number of thiazole rings is 1. The Morgan fingerprint density at radius 2 is 2.14 bits per heavy atom. The summed E-state index contributed by atoms with van der Waals surface area (Å²) in [5, 5.41) is 7.64. The molecule has 0 aliphatic rings. The van der Waals surface area contributed by atoms with Crippen LogP contribution in [-0.4, -0.2) is 20.7 Å². The number of amides is 1. The number of para-hydroxylation sites is 1. The zero-order valence-electron chi connectivity index (χ0n) is 11.8. The molecule has 108 valence electrons. The first-order valence-electron chi connectivity index (χ1n) is 6.49. The molecule has 6 nitrogen and oxygen atoms in total. The number of aromatic nitrogens is 3. The van der Waals surface area contributed by atoms with Crippen molar-refractivity contribution in [2.75, 3.05) is 11.1 Å². The number of anilines is 2. The maximum atomic E-state index is 12.1. The van der Waals surface area contributed by atoms with Gasteiger partial charge in [-0.2, -0.15) is 5.10 Å². The van der Waals surface area contributed by atoms with Crippen LogP contribution < -0.4 is 11.1 Å². The van der Waals surface area contributed by atoms with Gasteiger partial charge in [-0.15, -0.1) is 0 Å². The molecule has 7 heteroatoms. The van der Waals surface area contributed by atoms with E-state index in [4.69, 9.17) is 5.73 Å². The average Bonchev–Trinajstić information content (AvgIpc) is 2.95. The Bertz CT molecular complexity index is 787. The summed E-state index contributed by atoms with van der Waals surface area (Å²) in [4.78, 5) is 16.5. The van der Waals surface area contributed by atoms with Gasteiger partial charge in [0.15, 0.2) is 5.13 Å². The molecule has 3 N–H and O–H groups in total. The molecule has 1 aromatic carbocycles. The molecule has 0 saturated carbocycles. The molecule has 0 aliphatic heterocycles. The lowest BCUT2D eigenvalue weighted by Crippen LogP contribution is -2.20. The number of nitrogens with two attached hydrogens (primary N) is 1. The summed E-state index contributed by atoms with van der Waals surface area (Å²) < 4.78 is 2.65. The van der Waals surface area contributed by atoms with E-state index in [9.17, 15) is 4.79 Å². The van der Waals surface area contributed by atoms with E-state index < -0.39 is 0 Å². The van der Waals surface area contributed by atoms with Crippen LogP contribution in [-0.2, 0) is 11.3 Å². The van der Waals surface area contributed by atoms with Gasteiger partial charge in [0.2, 0.25) is 5.91 Å². The van der Waals surface area contributed by atoms with Gasteiger partial charge in [-0.05, 0) is 26.0 Å². The van der Waals surface area contributed by atoms with E-state index in [1.807, 2.05) is 38.1 Å².